The highest BCUT2D eigenvalue weighted by Crippen LogP contribution is 2.46. The number of hydrogen-bond acceptors (Lipinski definition) is 3. The Hall–Kier alpha value is -3.20. The predicted molar refractivity (Wildman–Crippen MR) is 94.4 cm³/mol. The van der Waals surface area contributed by atoms with Crippen LogP contribution in [0, 0.1) is 0 Å². The van der Waals surface area contributed by atoms with Gasteiger partial charge in [-0.1, -0.05) is 60.7 Å². The Kier molecular flexibility index (Phi) is 2.71. The Labute approximate surface area is 140 Å². The van der Waals surface area contributed by atoms with Gasteiger partial charge in [-0.05, 0) is 17.7 Å². The molecule has 2 aliphatic heterocycles. The van der Waals surface area contributed by atoms with Gasteiger partial charge in [-0.25, -0.2) is 0 Å². The molecule has 0 spiro atoms. The van der Waals surface area contributed by atoms with Gasteiger partial charge in [0.1, 0.15) is 11.9 Å². The maximum Gasteiger partial charge on any atom is 0.194 e. The molecule has 2 aromatic rings. The minimum atomic E-state index is -0.261. The minimum Gasteiger partial charge on any atom is -0.301 e. The first-order valence-corrected chi connectivity index (χ1v) is 8.00. The molecule has 1 atom stereocenters. The van der Waals surface area contributed by atoms with Crippen LogP contribution in [0.5, 0.6) is 0 Å². The number of fused-ring (bicyclic) bond motifs is 4. The molecule has 0 amide bonds. The van der Waals surface area contributed by atoms with E-state index < -0.39 is 0 Å². The van der Waals surface area contributed by atoms with Crippen LogP contribution in [0.15, 0.2) is 89.6 Å². The number of rotatable bonds is 1. The molecule has 24 heavy (non-hydrogen) atoms. The van der Waals surface area contributed by atoms with Crippen molar-refractivity contribution < 1.29 is 4.79 Å². The van der Waals surface area contributed by atoms with Crippen molar-refractivity contribution in [2.75, 3.05) is 0 Å². The molecule has 3 nitrogen and oxygen atoms in total. The lowest BCUT2D eigenvalue weighted by atomic mass is 9.94. The Bertz CT molecular complexity index is 980. The van der Waals surface area contributed by atoms with E-state index in [9.17, 15) is 4.79 Å². The fraction of sp³-hybridized carbons (Fsp3) is 0.0476. The van der Waals surface area contributed by atoms with Gasteiger partial charge in [-0.15, -0.1) is 0 Å². The summed E-state index contributed by atoms with van der Waals surface area (Å²) >= 11 is 0. The lowest BCUT2D eigenvalue weighted by molar-refractivity contribution is 0.103. The highest BCUT2D eigenvalue weighted by molar-refractivity contribution is 6.24. The van der Waals surface area contributed by atoms with Crippen molar-refractivity contribution in [1.82, 2.24) is 4.90 Å². The summed E-state index contributed by atoms with van der Waals surface area (Å²) in [6.07, 6.45) is 7.92. The molecule has 0 saturated heterocycles. The summed E-state index contributed by atoms with van der Waals surface area (Å²) in [6, 6.07) is 17.6. The molecule has 0 bridgehead atoms. The molecule has 5 rings (SSSR count). The maximum atomic E-state index is 13.1. The predicted octanol–water partition coefficient (Wildman–Crippen LogP) is 4.13. The summed E-state index contributed by atoms with van der Waals surface area (Å²) in [5.74, 6) is 0.954. The largest absolute Gasteiger partial charge is 0.301 e. The van der Waals surface area contributed by atoms with E-state index in [4.69, 9.17) is 4.99 Å². The lowest BCUT2D eigenvalue weighted by Crippen LogP contribution is -2.30. The number of carbonyl (C=O) groups excluding carboxylic acids is 1. The van der Waals surface area contributed by atoms with E-state index in [0.717, 1.165) is 33.8 Å². The third-order valence-electron chi connectivity index (χ3n) is 4.66. The summed E-state index contributed by atoms with van der Waals surface area (Å²) < 4.78 is 0. The van der Waals surface area contributed by atoms with E-state index in [2.05, 4.69) is 0 Å². The second-order valence-corrected chi connectivity index (χ2v) is 6.01. The molecule has 114 valence electrons. The highest BCUT2D eigenvalue weighted by atomic mass is 16.1. The molecule has 0 saturated carbocycles. The van der Waals surface area contributed by atoms with Crippen LogP contribution in [-0.4, -0.2) is 16.5 Å². The van der Waals surface area contributed by atoms with E-state index in [1.165, 1.54) is 0 Å². The summed E-state index contributed by atoms with van der Waals surface area (Å²) in [6.45, 7) is 0. The summed E-state index contributed by atoms with van der Waals surface area (Å²) in [7, 11) is 0. The zero-order valence-electron chi connectivity index (χ0n) is 12.9. The Morgan fingerprint density at radius 2 is 1.62 bits per heavy atom. The quantitative estimate of drug-likeness (QED) is 0.793. The van der Waals surface area contributed by atoms with Crippen LogP contribution in [-0.2, 0) is 0 Å². The molecule has 0 radical (unpaired) electrons. The molecule has 0 N–H and O–H groups in total. The molecule has 3 heteroatoms. The van der Waals surface area contributed by atoms with E-state index in [1.807, 2.05) is 83.9 Å². The summed E-state index contributed by atoms with van der Waals surface area (Å²) in [5.41, 5.74) is 4.54. The standard InChI is InChI=1S/C21H14N2O/c24-21-16-11-5-4-10-15(16)20-18(21)19(14-8-2-1-3-9-14)22-17-12-6-7-13-23(17)20/h1-13,19H. The van der Waals surface area contributed by atoms with E-state index in [1.54, 1.807) is 0 Å². The first kappa shape index (κ1) is 13.3. The van der Waals surface area contributed by atoms with Gasteiger partial charge in [0.2, 0.25) is 0 Å². The van der Waals surface area contributed by atoms with Crippen LogP contribution in [0.3, 0.4) is 0 Å². The SMILES string of the molecule is O=C1C2=C(c3ccccc31)N1C=CC=CC1=NC2c1ccccc1. The average Bonchev–Trinajstić information content (AvgIpc) is 2.96. The number of hydrogen-bond donors (Lipinski definition) is 0. The van der Waals surface area contributed by atoms with E-state index >= 15 is 0 Å². The second kappa shape index (κ2) is 4.90. The fourth-order valence-corrected chi connectivity index (χ4v) is 3.60. The van der Waals surface area contributed by atoms with Crippen LogP contribution < -0.4 is 0 Å². The number of benzene rings is 2. The molecule has 2 aromatic carbocycles. The van der Waals surface area contributed by atoms with Crippen molar-refractivity contribution in [1.29, 1.82) is 0 Å². The van der Waals surface area contributed by atoms with Gasteiger partial charge in [-0.2, -0.15) is 0 Å². The number of aliphatic imine (C=N–C) groups is 1. The number of nitrogens with zero attached hydrogens (tertiary/aromatic N) is 2. The van der Waals surface area contributed by atoms with Gasteiger partial charge in [0.25, 0.3) is 0 Å². The minimum absolute atomic E-state index is 0.0835. The van der Waals surface area contributed by atoms with Crippen LogP contribution >= 0.6 is 0 Å². The van der Waals surface area contributed by atoms with Crippen LogP contribution in [0.2, 0.25) is 0 Å². The van der Waals surface area contributed by atoms with Gasteiger partial charge >= 0.3 is 0 Å². The van der Waals surface area contributed by atoms with E-state index in [0.29, 0.717) is 0 Å². The van der Waals surface area contributed by atoms with Crippen LogP contribution in [0.25, 0.3) is 5.70 Å². The number of allylic oxidation sites excluding steroid dienone is 2. The van der Waals surface area contributed by atoms with E-state index in [-0.39, 0.29) is 11.8 Å². The van der Waals surface area contributed by atoms with Crippen molar-refractivity contribution in [3.8, 4) is 0 Å². The molecule has 3 aliphatic rings. The molecular weight excluding hydrogens is 296 g/mol. The van der Waals surface area contributed by atoms with Crippen LogP contribution in [0.4, 0.5) is 0 Å². The normalized spacial score (nSPS) is 20.7. The van der Waals surface area contributed by atoms with Crippen molar-refractivity contribution in [3.63, 3.8) is 0 Å². The molecule has 0 aromatic heterocycles. The summed E-state index contributed by atoms with van der Waals surface area (Å²) in [5, 5.41) is 0. The average molecular weight is 310 g/mol. The topological polar surface area (TPSA) is 32.7 Å². The van der Waals surface area contributed by atoms with Gasteiger partial charge in [0.05, 0.1) is 11.3 Å². The maximum absolute atomic E-state index is 13.1. The first-order chi connectivity index (χ1) is 11.8. The van der Waals surface area contributed by atoms with Gasteiger partial charge in [-0.3, -0.25) is 9.79 Å². The number of Topliss-reactive ketones (excluding diaryl/α,β-unsaturated/α-hetero) is 1. The van der Waals surface area contributed by atoms with Crippen molar-refractivity contribution in [2.45, 2.75) is 6.04 Å². The Morgan fingerprint density at radius 1 is 0.875 bits per heavy atom. The van der Waals surface area contributed by atoms with Gasteiger partial charge < -0.3 is 4.90 Å². The number of carbonyl (C=O) groups is 1. The smallest absolute Gasteiger partial charge is 0.194 e. The summed E-state index contributed by atoms with van der Waals surface area (Å²) in [4.78, 5) is 20.0. The molecule has 1 unspecified atom stereocenters. The molecule has 2 heterocycles. The van der Waals surface area contributed by atoms with Gasteiger partial charge in [0.15, 0.2) is 5.78 Å². The third-order valence-corrected chi connectivity index (χ3v) is 4.66. The number of amidine groups is 1. The van der Waals surface area contributed by atoms with Crippen molar-refractivity contribution in [3.05, 3.63) is 101 Å². The zero-order valence-corrected chi connectivity index (χ0v) is 12.9. The van der Waals surface area contributed by atoms with Crippen molar-refractivity contribution in [2.24, 2.45) is 4.99 Å². The number of ketones is 1. The Balaban J connectivity index is 1.78. The third kappa shape index (κ3) is 1.72. The highest BCUT2D eigenvalue weighted by Gasteiger charge is 2.40. The second-order valence-electron chi connectivity index (χ2n) is 6.01. The fourth-order valence-electron chi connectivity index (χ4n) is 3.60. The van der Waals surface area contributed by atoms with Crippen LogP contribution in [0.1, 0.15) is 27.5 Å². The lowest BCUT2D eigenvalue weighted by Gasteiger charge is -2.32. The molecule has 0 fully saturated rings. The van der Waals surface area contributed by atoms with Gasteiger partial charge in [0, 0.05) is 17.3 Å². The molecule has 1 aliphatic carbocycles. The molecular formula is C21H14N2O. The Morgan fingerprint density at radius 3 is 2.46 bits per heavy atom. The van der Waals surface area contributed by atoms with Crippen molar-refractivity contribution >= 4 is 17.3 Å². The monoisotopic (exact) mass is 310 g/mol. The first-order valence-electron chi connectivity index (χ1n) is 8.00. The zero-order chi connectivity index (χ0) is 16.1.